The molecule has 1 saturated heterocycles. The van der Waals surface area contributed by atoms with E-state index in [1.165, 1.54) is 5.56 Å². The van der Waals surface area contributed by atoms with Crippen LogP contribution in [0.4, 0.5) is 11.4 Å². The Bertz CT molecular complexity index is 915. The van der Waals surface area contributed by atoms with Gasteiger partial charge < -0.3 is 25.6 Å². The number of nitrogens with one attached hydrogen (secondary N) is 3. The first-order valence-corrected chi connectivity index (χ1v) is 10.9. The molecule has 1 atom stereocenters. The van der Waals surface area contributed by atoms with E-state index in [-0.39, 0.29) is 18.2 Å². The second-order valence-electron chi connectivity index (χ2n) is 7.19. The average Bonchev–Trinajstić information content (AvgIpc) is 2.77. The van der Waals surface area contributed by atoms with Crippen LogP contribution in [0.15, 0.2) is 48.5 Å². The molecule has 0 bridgehead atoms. The highest BCUT2D eigenvalue weighted by Crippen LogP contribution is 2.18. The number of rotatable bonds is 7. The van der Waals surface area contributed by atoms with Crippen molar-refractivity contribution in [1.82, 2.24) is 10.2 Å². The lowest BCUT2D eigenvalue weighted by molar-refractivity contribution is -0.130. The third-order valence-corrected chi connectivity index (χ3v) is 5.37. The molecule has 31 heavy (non-hydrogen) atoms. The Kier molecular flexibility index (Phi) is 7.83. The zero-order valence-electron chi connectivity index (χ0n) is 17.8. The minimum atomic E-state index is -0.675. The van der Waals surface area contributed by atoms with E-state index in [9.17, 15) is 9.59 Å². The number of hydrogen-bond acceptors (Lipinski definition) is 4. The Balaban J connectivity index is 1.63. The molecule has 2 amide bonds. The van der Waals surface area contributed by atoms with E-state index < -0.39 is 6.04 Å². The van der Waals surface area contributed by atoms with Crippen LogP contribution in [0.25, 0.3) is 0 Å². The van der Waals surface area contributed by atoms with Crippen molar-refractivity contribution in [3.8, 4) is 5.75 Å². The van der Waals surface area contributed by atoms with Crippen molar-refractivity contribution in [2.45, 2.75) is 32.7 Å². The summed E-state index contributed by atoms with van der Waals surface area (Å²) in [4.78, 5) is 26.9. The van der Waals surface area contributed by atoms with Gasteiger partial charge in [0.2, 0.25) is 11.8 Å². The molecule has 3 N–H and O–H groups in total. The van der Waals surface area contributed by atoms with Crippen molar-refractivity contribution in [3.63, 3.8) is 0 Å². The monoisotopic (exact) mass is 440 g/mol. The summed E-state index contributed by atoms with van der Waals surface area (Å²) < 4.78 is 5.45. The SMILES string of the molecule is CCOc1ccc(NC(=S)N2CCNC(=O)[C@@H]2CC(=O)Nc2ccc(CC)cc2)cc1. The molecule has 3 rings (SSSR count). The number of aryl methyl sites for hydroxylation is 1. The zero-order valence-corrected chi connectivity index (χ0v) is 18.6. The summed E-state index contributed by atoms with van der Waals surface area (Å²) in [7, 11) is 0. The third kappa shape index (κ3) is 6.18. The van der Waals surface area contributed by atoms with E-state index in [0.29, 0.717) is 30.5 Å². The molecule has 7 nitrogen and oxygen atoms in total. The molecule has 1 fully saturated rings. The van der Waals surface area contributed by atoms with Crippen LogP contribution >= 0.6 is 12.2 Å². The molecule has 164 valence electrons. The summed E-state index contributed by atoms with van der Waals surface area (Å²) in [6.07, 6.45) is 0.941. The molecule has 0 spiro atoms. The summed E-state index contributed by atoms with van der Waals surface area (Å²) >= 11 is 5.55. The second kappa shape index (κ2) is 10.8. The molecule has 1 aliphatic rings. The predicted octanol–water partition coefficient (Wildman–Crippen LogP) is 3.17. The van der Waals surface area contributed by atoms with Crippen molar-refractivity contribution < 1.29 is 14.3 Å². The summed E-state index contributed by atoms with van der Waals surface area (Å²) in [5.74, 6) is 0.330. The highest BCUT2D eigenvalue weighted by atomic mass is 32.1. The fourth-order valence-electron chi connectivity index (χ4n) is 3.37. The standard InChI is InChI=1S/C23H28N4O3S/c1-3-16-5-7-17(8-6-16)25-21(28)15-20-22(29)24-13-14-27(20)23(31)26-18-9-11-19(12-10-18)30-4-2/h5-12,20H,3-4,13-15H2,1-2H3,(H,24,29)(H,25,28)(H,26,31)/t20-/m0/s1. The van der Waals surface area contributed by atoms with E-state index in [0.717, 1.165) is 17.9 Å². The number of carbonyl (C=O) groups excluding carboxylic acids is 2. The number of piperazine rings is 1. The quantitative estimate of drug-likeness (QED) is 0.574. The number of hydrogen-bond donors (Lipinski definition) is 3. The molecule has 0 radical (unpaired) electrons. The lowest BCUT2D eigenvalue weighted by atomic mass is 10.1. The molecule has 0 unspecified atom stereocenters. The second-order valence-corrected chi connectivity index (χ2v) is 7.58. The Morgan fingerprint density at radius 2 is 1.74 bits per heavy atom. The number of nitrogens with zero attached hydrogens (tertiary/aromatic N) is 1. The average molecular weight is 441 g/mol. The molecule has 2 aromatic rings. The fraction of sp³-hybridized carbons (Fsp3) is 0.348. The Labute approximate surface area is 188 Å². The normalized spacial score (nSPS) is 15.7. The van der Waals surface area contributed by atoms with Crippen LogP contribution < -0.4 is 20.7 Å². The third-order valence-electron chi connectivity index (χ3n) is 5.03. The first kappa shape index (κ1) is 22.6. The van der Waals surface area contributed by atoms with Crippen molar-refractivity contribution in [2.24, 2.45) is 0 Å². The van der Waals surface area contributed by atoms with Crippen LogP contribution in [0.5, 0.6) is 5.75 Å². The summed E-state index contributed by atoms with van der Waals surface area (Å²) in [5.41, 5.74) is 2.69. The molecule has 2 aromatic carbocycles. The Hall–Kier alpha value is -3.13. The number of amides is 2. The molecule has 1 heterocycles. The lowest BCUT2D eigenvalue weighted by Crippen LogP contribution is -2.58. The van der Waals surface area contributed by atoms with E-state index >= 15 is 0 Å². The fourth-order valence-corrected chi connectivity index (χ4v) is 3.70. The molecule has 0 saturated carbocycles. The number of ether oxygens (including phenoxy) is 1. The van der Waals surface area contributed by atoms with Crippen molar-refractivity contribution in [2.75, 3.05) is 30.3 Å². The maximum atomic E-state index is 12.6. The molecular formula is C23H28N4O3S. The molecule has 8 heteroatoms. The maximum Gasteiger partial charge on any atom is 0.243 e. The highest BCUT2D eigenvalue weighted by molar-refractivity contribution is 7.80. The number of thiocarbonyl (C=S) groups is 1. The van der Waals surface area contributed by atoms with Gasteiger partial charge in [0.25, 0.3) is 0 Å². The highest BCUT2D eigenvalue weighted by Gasteiger charge is 2.33. The van der Waals surface area contributed by atoms with Gasteiger partial charge in [-0.3, -0.25) is 9.59 Å². The van der Waals surface area contributed by atoms with Crippen LogP contribution in [-0.4, -0.2) is 47.6 Å². The number of anilines is 2. The van der Waals surface area contributed by atoms with Gasteiger partial charge in [0.1, 0.15) is 11.8 Å². The van der Waals surface area contributed by atoms with E-state index in [4.69, 9.17) is 17.0 Å². The van der Waals surface area contributed by atoms with Gasteiger partial charge in [-0.1, -0.05) is 19.1 Å². The van der Waals surface area contributed by atoms with Crippen LogP contribution in [0.2, 0.25) is 0 Å². The molecule has 1 aliphatic heterocycles. The van der Waals surface area contributed by atoms with Gasteiger partial charge in [0.05, 0.1) is 13.0 Å². The first-order chi connectivity index (χ1) is 15.0. The van der Waals surface area contributed by atoms with Crippen LogP contribution in [-0.2, 0) is 16.0 Å². The van der Waals surface area contributed by atoms with Gasteiger partial charge in [0.15, 0.2) is 5.11 Å². The zero-order chi connectivity index (χ0) is 22.2. The molecule has 0 aromatic heterocycles. The smallest absolute Gasteiger partial charge is 0.243 e. The van der Waals surface area contributed by atoms with E-state index in [1.54, 1.807) is 4.90 Å². The predicted molar refractivity (Wildman–Crippen MR) is 126 cm³/mol. The number of carbonyl (C=O) groups is 2. The minimum absolute atomic E-state index is 0.00641. The van der Waals surface area contributed by atoms with E-state index in [1.807, 2.05) is 55.5 Å². The van der Waals surface area contributed by atoms with E-state index in [2.05, 4.69) is 22.9 Å². The first-order valence-electron chi connectivity index (χ1n) is 10.5. The largest absolute Gasteiger partial charge is 0.494 e. The Morgan fingerprint density at radius 3 is 2.39 bits per heavy atom. The molecule has 0 aliphatic carbocycles. The van der Waals surface area contributed by atoms with Gasteiger partial charge in [-0.25, -0.2) is 0 Å². The summed E-state index contributed by atoms with van der Waals surface area (Å²) in [5, 5.41) is 9.25. The Morgan fingerprint density at radius 1 is 1.10 bits per heavy atom. The van der Waals surface area contributed by atoms with Gasteiger partial charge in [-0.05, 0) is 67.5 Å². The maximum absolute atomic E-state index is 12.6. The topological polar surface area (TPSA) is 82.7 Å². The van der Waals surface area contributed by atoms with Crippen LogP contribution in [0.1, 0.15) is 25.8 Å². The van der Waals surface area contributed by atoms with Crippen molar-refractivity contribution >= 4 is 40.5 Å². The van der Waals surface area contributed by atoms with Crippen LogP contribution in [0, 0.1) is 0 Å². The molecular weight excluding hydrogens is 412 g/mol. The van der Waals surface area contributed by atoms with Gasteiger partial charge >= 0.3 is 0 Å². The van der Waals surface area contributed by atoms with Crippen molar-refractivity contribution in [3.05, 3.63) is 54.1 Å². The number of benzene rings is 2. The van der Waals surface area contributed by atoms with Gasteiger partial charge in [0, 0.05) is 24.5 Å². The van der Waals surface area contributed by atoms with Gasteiger partial charge in [-0.2, -0.15) is 0 Å². The lowest BCUT2D eigenvalue weighted by Gasteiger charge is -2.36. The van der Waals surface area contributed by atoms with Gasteiger partial charge in [-0.15, -0.1) is 0 Å². The van der Waals surface area contributed by atoms with Crippen LogP contribution in [0.3, 0.4) is 0 Å². The minimum Gasteiger partial charge on any atom is -0.494 e. The van der Waals surface area contributed by atoms with Crippen molar-refractivity contribution in [1.29, 1.82) is 0 Å². The summed E-state index contributed by atoms with van der Waals surface area (Å²) in [6, 6.07) is 14.5. The summed E-state index contributed by atoms with van der Waals surface area (Å²) in [6.45, 7) is 5.60.